The number of hydrogen-bond acceptors (Lipinski definition) is 1. The third kappa shape index (κ3) is 1.89. The van der Waals surface area contributed by atoms with E-state index in [1.807, 2.05) is 32.1 Å². The van der Waals surface area contributed by atoms with E-state index < -0.39 is 0 Å². The lowest BCUT2D eigenvalue weighted by Crippen LogP contribution is -1.79. The Kier molecular flexibility index (Phi) is 2.93. The summed E-state index contributed by atoms with van der Waals surface area (Å²) in [5.74, 6) is 0.328. The summed E-state index contributed by atoms with van der Waals surface area (Å²) in [7, 11) is 0. The summed E-state index contributed by atoms with van der Waals surface area (Å²) >= 11 is 3.41. The van der Waals surface area contributed by atoms with Crippen LogP contribution in [0, 0.1) is 6.92 Å². The third-order valence-corrected chi connectivity index (χ3v) is 2.51. The van der Waals surface area contributed by atoms with Crippen LogP contribution in [-0.4, -0.2) is 5.11 Å². The molecule has 0 aliphatic rings. The lowest BCUT2D eigenvalue weighted by Gasteiger charge is -2.02. The van der Waals surface area contributed by atoms with Crippen LogP contribution in [0.25, 0.3) is 6.08 Å². The van der Waals surface area contributed by atoms with Crippen LogP contribution in [0.4, 0.5) is 0 Å². The smallest absolute Gasteiger partial charge is 0.123 e. The van der Waals surface area contributed by atoms with Crippen molar-refractivity contribution in [2.75, 3.05) is 0 Å². The van der Waals surface area contributed by atoms with Crippen LogP contribution < -0.4 is 0 Å². The monoisotopic (exact) mass is 226 g/mol. The fraction of sp³-hybridized carbons (Fsp3) is 0.200. The Bertz CT molecular complexity index is 316. The number of aromatic hydroxyl groups is 1. The molecule has 0 saturated carbocycles. The van der Waals surface area contributed by atoms with Gasteiger partial charge in [0.15, 0.2) is 0 Å². The van der Waals surface area contributed by atoms with E-state index >= 15 is 0 Å². The molecule has 0 aliphatic carbocycles. The molecule has 0 saturated heterocycles. The highest BCUT2D eigenvalue weighted by atomic mass is 79.9. The van der Waals surface area contributed by atoms with Gasteiger partial charge in [-0.1, -0.05) is 28.1 Å². The molecular formula is C10H11BrO. The second-order valence-electron chi connectivity index (χ2n) is 2.66. The summed E-state index contributed by atoms with van der Waals surface area (Å²) < 4.78 is 1.02. The molecule has 1 rings (SSSR count). The van der Waals surface area contributed by atoms with E-state index in [9.17, 15) is 5.11 Å². The summed E-state index contributed by atoms with van der Waals surface area (Å²) in [5, 5.41) is 9.47. The Morgan fingerprint density at radius 2 is 2.08 bits per heavy atom. The average molecular weight is 227 g/mol. The first kappa shape index (κ1) is 9.33. The van der Waals surface area contributed by atoms with Crippen LogP contribution in [0.15, 0.2) is 22.7 Å². The van der Waals surface area contributed by atoms with E-state index in [1.165, 1.54) is 0 Å². The predicted octanol–water partition coefficient (Wildman–Crippen LogP) is 3.50. The quantitative estimate of drug-likeness (QED) is 0.778. The van der Waals surface area contributed by atoms with Crippen molar-refractivity contribution < 1.29 is 5.11 Å². The summed E-state index contributed by atoms with van der Waals surface area (Å²) in [6.45, 7) is 3.87. The largest absolute Gasteiger partial charge is 0.507 e. The molecule has 0 spiro atoms. The maximum Gasteiger partial charge on any atom is 0.123 e. The minimum absolute atomic E-state index is 0.328. The van der Waals surface area contributed by atoms with Crippen LogP contribution in [-0.2, 0) is 0 Å². The van der Waals surface area contributed by atoms with Gasteiger partial charge in [-0.15, -0.1) is 0 Å². The van der Waals surface area contributed by atoms with Gasteiger partial charge in [0.1, 0.15) is 5.75 Å². The second kappa shape index (κ2) is 3.76. The van der Waals surface area contributed by atoms with Gasteiger partial charge in [-0.05, 0) is 31.5 Å². The van der Waals surface area contributed by atoms with E-state index in [4.69, 9.17) is 0 Å². The summed E-state index contributed by atoms with van der Waals surface area (Å²) in [5.41, 5.74) is 1.88. The number of phenolic OH excluding ortho intramolecular Hbond substituents is 1. The lowest BCUT2D eigenvalue weighted by molar-refractivity contribution is 0.473. The number of hydrogen-bond donors (Lipinski definition) is 1. The average Bonchev–Trinajstić information content (AvgIpc) is 2.01. The third-order valence-electron chi connectivity index (χ3n) is 1.65. The summed E-state index contributed by atoms with van der Waals surface area (Å²) in [6, 6.07) is 3.66. The van der Waals surface area contributed by atoms with Crippen molar-refractivity contribution in [1.29, 1.82) is 0 Å². The Hall–Kier alpha value is -0.760. The first-order chi connectivity index (χ1) is 5.65. The molecule has 64 valence electrons. The molecule has 12 heavy (non-hydrogen) atoms. The van der Waals surface area contributed by atoms with Gasteiger partial charge in [-0.3, -0.25) is 0 Å². The van der Waals surface area contributed by atoms with Crippen molar-refractivity contribution >= 4 is 22.0 Å². The molecule has 2 heteroatoms. The zero-order valence-corrected chi connectivity index (χ0v) is 8.72. The molecule has 0 fully saturated rings. The standard InChI is InChI=1S/C10H11BrO/c1-3-4-8-6-9(11)7(2)5-10(8)12/h3-6,12H,1-2H3/b4-3+. The van der Waals surface area contributed by atoms with Gasteiger partial charge in [0.2, 0.25) is 0 Å². The molecule has 0 aromatic heterocycles. The van der Waals surface area contributed by atoms with E-state index in [2.05, 4.69) is 15.9 Å². The number of aryl methyl sites for hydroxylation is 1. The fourth-order valence-electron chi connectivity index (χ4n) is 0.995. The van der Waals surface area contributed by atoms with Gasteiger partial charge < -0.3 is 5.11 Å². The van der Waals surface area contributed by atoms with Crippen LogP contribution >= 0.6 is 15.9 Å². The number of allylic oxidation sites excluding steroid dienone is 1. The molecular weight excluding hydrogens is 216 g/mol. The molecule has 0 atom stereocenters. The Labute approximate surface area is 80.9 Å². The highest BCUT2D eigenvalue weighted by Gasteiger charge is 2.00. The van der Waals surface area contributed by atoms with Gasteiger partial charge in [0.05, 0.1) is 0 Å². The van der Waals surface area contributed by atoms with Crippen LogP contribution in [0.5, 0.6) is 5.75 Å². The first-order valence-electron chi connectivity index (χ1n) is 3.77. The fourth-order valence-corrected chi connectivity index (χ4v) is 1.36. The number of halogens is 1. The van der Waals surface area contributed by atoms with Crippen molar-refractivity contribution in [2.24, 2.45) is 0 Å². The molecule has 1 aromatic rings. The van der Waals surface area contributed by atoms with Gasteiger partial charge >= 0.3 is 0 Å². The second-order valence-corrected chi connectivity index (χ2v) is 3.51. The number of phenols is 1. The van der Waals surface area contributed by atoms with E-state index in [1.54, 1.807) is 6.07 Å². The lowest BCUT2D eigenvalue weighted by atomic mass is 10.1. The van der Waals surface area contributed by atoms with Crippen LogP contribution in [0.1, 0.15) is 18.1 Å². The Morgan fingerprint density at radius 3 is 2.67 bits per heavy atom. The Morgan fingerprint density at radius 1 is 1.42 bits per heavy atom. The van der Waals surface area contributed by atoms with Crippen LogP contribution in [0.3, 0.4) is 0 Å². The van der Waals surface area contributed by atoms with Crippen molar-refractivity contribution in [3.8, 4) is 5.75 Å². The normalized spacial score (nSPS) is 10.9. The predicted molar refractivity (Wildman–Crippen MR) is 55.3 cm³/mol. The molecule has 0 unspecified atom stereocenters. The van der Waals surface area contributed by atoms with Crippen LogP contribution in [0.2, 0.25) is 0 Å². The highest BCUT2D eigenvalue weighted by molar-refractivity contribution is 9.10. The van der Waals surface area contributed by atoms with Gasteiger partial charge in [-0.25, -0.2) is 0 Å². The molecule has 1 nitrogen and oxygen atoms in total. The number of benzene rings is 1. The minimum Gasteiger partial charge on any atom is -0.507 e. The summed E-state index contributed by atoms with van der Waals surface area (Å²) in [4.78, 5) is 0. The maximum atomic E-state index is 9.47. The molecule has 0 radical (unpaired) electrons. The summed E-state index contributed by atoms with van der Waals surface area (Å²) in [6.07, 6.45) is 3.77. The zero-order valence-electron chi connectivity index (χ0n) is 7.13. The van der Waals surface area contributed by atoms with E-state index in [0.29, 0.717) is 5.75 Å². The van der Waals surface area contributed by atoms with Gasteiger partial charge in [-0.2, -0.15) is 0 Å². The van der Waals surface area contributed by atoms with Gasteiger partial charge in [0.25, 0.3) is 0 Å². The topological polar surface area (TPSA) is 20.2 Å². The number of rotatable bonds is 1. The Balaban J connectivity index is 3.23. The molecule has 0 amide bonds. The first-order valence-corrected chi connectivity index (χ1v) is 4.56. The minimum atomic E-state index is 0.328. The molecule has 0 heterocycles. The van der Waals surface area contributed by atoms with Crippen molar-refractivity contribution in [3.05, 3.63) is 33.8 Å². The molecule has 1 aromatic carbocycles. The maximum absolute atomic E-state index is 9.47. The molecule has 0 bridgehead atoms. The van der Waals surface area contributed by atoms with Crippen molar-refractivity contribution in [1.82, 2.24) is 0 Å². The van der Waals surface area contributed by atoms with E-state index in [-0.39, 0.29) is 0 Å². The van der Waals surface area contributed by atoms with Gasteiger partial charge in [0, 0.05) is 10.0 Å². The zero-order chi connectivity index (χ0) is 9.14. The SMILES string of the molecule is C/C=C/c1cc(Br)c(C)cc1O. The van der Waals surface area contributed by atoms with E-state index in [0.717, 1.165) is 15.6 Å². The highest BCUT2D eigenvalue weighted by Crippen LogP contribution is 2.26. The van der Waals surface area contributed by atoms with Crippen molar-refractivity contribution in [3.63, 3.8) is 0 Å². The molecule has 1 N–H and O–H groups in total. The molecule has 0 aliphatic heterocycles. The van der Waals surface area contributed by atoms with Crippen molar-refractivity contribution in [2.45, 2.75) is 13.8 Å².